The normalized spacial score (nSPS) is 14.9. The lowest BCUT2D eigenvalue weighted by Crippen LogP contribution is -2.27. The first-order chi connectivity index (χ1) is 14.5. The Hall–Kier alpha value is -1.11. The predicted octanol–water partition coefficient (Wildman–Crippen LogP) is 8.18. The first-order valence-corrected chi connectivity index (χ1v) is 12.6. The molecule has 0 bridgehead atoms. The number of aldehydes is 1. The number of hydrogen-bond donors (Lipinski definition) is 1. The molecule has 0 heterocycles. The number of carbonyl (C=O) groups is 1. The largest absolute Gasteiger partial charge is 0.506 e. The Morgan fingerprint density at radius 3 is 2.16 bits per heavy atom. The van der Waals surface area contributed by atoms with Gasteiger partial charge in [-0.1, -0.05) is 70.0 Å². The SMILES string of the molecule is CC(/C=C/C(C)(C(C)C)C(C)C)=C\Cc1c(O)c(Cl)c(C)c(CP)c1C1CC1.CC=O. The molecule has 31 heavy (non-hydrogen) atoms. The minimum absolute atomic E-state index is 0.177. The number of rotatable bonds is 8. The topological polar surface area (TPSA) is 37.3 Å². The molecule has 1 unspecified atom stereocenters. The quantitative estimate of drug-likeness (QED) is 0.239. The van der Waals surface area contributed by atoms with E-state index in [-0.39, 0.29) is 11.2 Å². The van der Waals surface area contributed by atoms with Crippen molar-refractivity contribution in [3.05, 3.63) is 51.1 Å². The van der Waals surface area contributed by atoms with Gasteiger partial charge < -0.3 is 9.90 Å². The van der Waals surface area contributed by atoms with Gasteiger partial charge in [-0.3, -0.25) is 0 Å². The number of benzene rings is 1. The van der Waals surface area contributed by atoms with Crippen LogP contribution in [0.1, 0.15) is 89.5 Å². The molecular formula is C27H42ClO2P. The van der Waals surface area contributed by atoms with Gasteiger partial charge in [-0.15, -0.1) is 9.24 Å². The van der Waals surface area contributed by atoms with Gasteiger partial charge in [-0.05, 0) is 86.1 Å². The van der Waals surface area contributed by atoms with Gasteiger partial charge in [0.2, 0.25) is 0 Å². The summed E-state index contributed by atoms with van der Waals surface area (Å²) in [7, 11) is 2.83. The highest BCUT2D eigenvalue weighted by atomic mass is 35.5. The number of carbonyl (C=O) groups excluding carboxylic acids is 1. The van der Waals surface area contributed by atoms with Gasteiger partial charge in [-0.2, -0.15) is 0 Å². The molecular weight excluding hydrogens is 423 g/mol. The fourth-order valence-electron chi connectivity index (χ4n) is 3.98. The molecule has 4 heteroatoms. The molecule has 0 aliphatic heterocycles. The van der Waals surface area contributed by atoms with Gasteiger partial charge in [0.15, 0.2) is 0 Å². The Morgan fingerprint density at radius 2 is 1.74 bits per heavy atom. The van der Waals surface area contributed by atoms with Gasteiger partial charge >= 0.3 is 0 Å². The van der Waals surface area contributed by atoms with Crippen LogP contribution in [0.4, 0.5) is 0 Å². The summed E-state index contributed by atoms with van der Waals surface area (Å²) < 4.78 is 0. The summed E-state index contributed by atoms with van der Waals surface area (Å²) in [6.45, 7) is 17.1. The summed E-state index contributed by atoms with van der Waals surface area (Å²) >= 11 is 6.48. The van der Waals surface area contributed by atoms with Crippen LogP contribution in [-0.2, 0) is 17.4 Å². The molecule has 1 aromatic rings. The zero-order valence-corrected chi connectivity index (χ0v) is 22.6. The Balaban J connectivity index is 0.00000151. The van der Waals surface area contributed by atoms with Crippen molar-refractivity contribution in [3.8, 4) is 5.75 Å². The zero-order valence-electron chi connectivity index (χ0n) is 20.7. The van der Waals surface area contributed by atoms with E-state index in [0.717, 1.165) is 30.0 Å². The average molecular weight is 465 g/mol. The lowest BCUT2D eigenvalue weighted by molar-refractivity contribution is -0.106. The van der Waals surface area contributed by atoms with Crippen molar-refractivity contribution < 1.29 is 9.90 Å². The van der Waals surface area contributed by atoms with Crippen molar-refractivity contribution in [2.45, 2.75) is 86.7 Å². The van der Waals surface area contributed by atoms with E-state index in [0.29, 0.717) is 22.8 Å². The van der Waals surface area contributed by atoms with Crippen LogP contribution in [0, 0.1) is 24.2 Å². The molecule has 0 amide bonds. The Kier molecular flexibility index (Phi) is 11.0. The van der Waals surface area contributed by atoms with Crippen molar-refractivity contribution in [3.63, 3.8) is 0 Å². The summed E-state index contributed by atoms with van der Waals surface area (Å²) in [4.78, 5) is 8.81. The van der Waals surface area contributed by atoms with Crippen LogP contribution in [0.3, 0.4) is 0 Å². The molecule has 1 aromatic carbocycles. The molecule has 0 spiro atoms. The molecule has 174 valence electrons. The highest BCUT2D eigenvalue weighted by Crippen LogP contribution is 2.49. The van der Waals surface area contributed by atoms with Crippen molar-refractivity contribution in [2.24, 2.45) is 17.3 Å². The summed E-state index contributed by atoms with van der Waals surface area (Å²) in [5, 5.41) is 11.3. The first kappa shape index (κ1) is 27.9. The van der Waals surface area contributed by atoms with Gasteiger partial charge in [0.25, 0.3) is 0 Å². The number of halogens is 1. The smallest absolute Gasteiger partial charge is 0.138 e. The third-order valence-electron chi connectivity index (χ3n) is 6.94. The maximum Gasteiger partial charge on any atom is 0.138 e. The summed E-state index contributed by atoms with van der Waals surface area (Å²) in [6, 6.07) is 0. The fourth-order valence-corrected chi connectivity index (χ4v) is 4.74. The zero-order chi connectivity index (χ0) is 23.9. The predicted molar refractivity (Wildman–Crippen MR) is 139 cm³/mol. The van der Waals surface area contributed by atoms with Crippen LogP contribution in [0.15, 0.2) is 23.8 Å². The molecule has 1 fully saturated rings. The van der Waals surface area contributed by atoms with E-state index < -0.39 is 0 Å². The van der Waals surface area contributed by atoms with Crippen LogP contribution < -0.4 is 0 Å². The van der Waals surface area contributed by atoms with E-state index in [1.165, 1.54) is 36.5 Å². The van der Waals surface area contributed by atoms with Crippen LogP contribution in [0.5, 0.6) is 5.75 Å². The second-order valence-corrected chi connectivity index (χ2v) is 10.3. The first-order valence-electron chi connectivity index (χ1n) is 11.4. The van der Waals surface area contributed by atoms with E-state index in [2.05, 4.69) is 69.0 Å². The third kappa shape index (κ3) is 6.93. The highest BCUT2D eigenvalue weighted by molar-refractivity contribution is 7.15. The lowest BCUT2D eigenvalue weighted by Gasteiger charge is -2.35. The molecule has 1 aliphatic carbocycles. The molecule has 1 N–H and O–H groups in total. The third-order valence-corrected chi connectivity index (χ3v) is 7.81. The maximum absolute atomic E-state index is 10.8. The molecule has 0 radical (unpaired) electrons. The van der Waals surface area contributed by atoms with Crippen molar-refractivity contribution in [1.82, 2.24) is 0 Å². The summed E-state index contributed by atoms with van der Waals surface area (Å²) in [5.74, 6) is 2.04. The van der Waals surface area contributed by atoms with Crippen LogP contribution in [-0.4, -0.2) is 11.4 Å². The van der Waals surface area contributed by atoms with Crippen LogP contribution in [0.25, 0.3) is 0 Å². The number of hydrogen-bond acceptors (Lipinski definition) is 2. The summed E-state index contributed by atoms with van der Waals surface area (Å²) in [6.07, 6.45) is 11.6. The summed E-state index contributed by atoms with van der Waals surface area (Å²) in [5.41, 5.74) is 6.12. The second-order valence-electron chi connectivity index (χ2n) is 9.53. The molecule has 1 aliphatic rings. The molecule has 0 aromatic heterocycles. The lowest BCUT2D eigenvalue weighted by atomic mass is 9.70. The van der Waals surface area contributed by atoms with Crippen LogP contribution >= 0.6 is 20.8 Å². The van der Waals surface area contributed by atoms with E-state index >= 15 is 0 Å². The van der Waals surface area contributed by atoms with E-state index in [1.54, 1.807) is 0 Å². The molecule has 1 saturated carbocycles. The standard InChI is InChI=1S/C25H38ClOP.C2H4O/c1-15(2)25(7,16(3)4)13-12-17(5)8-11-20-22(19-9-10-19)21(14-28)18(6)23(26)24(20)27;1-2-3/h8,12-13,15-16,19,27H,9-11,14,28H2,1-7H3;2H,1H3/b13-12+,17-8+;. The maximum atomic E-state index is 10.8. The molecule has 2 nitrogen and oxygen atoms in total. The molecule has 0 saturated heterocycles. The second kappa shape index (κ2) is 12.2. The highest BCUT2D eigenvalue weighted by Gasteiger charge is 2.32. The van der Waals surface area contributed by atoms with E-state index in [1.807, 2.05) is 6.92 Å². The van der Waals surface area contributed by atoms with E-state index in [4.69, 9.17) is 16.4 Å². The van der Waals surface area contributed by atoms with Gasteiger partial charge in [0, 0.05) is 5.56 Å². The molecule has 2 rings (SSSR count). The van der Waals surface area contributed by atoms with Gasteiger partial charge in [-0.25, -0.2) is 0 Å². The Morgan fingerprint density at radius 1 is 1.23 bits per heavy atom. The monoisotopic (exact) mass is 464 g/mol. The van der Waals surface area contributed by atoms with Gasteiger partial charge in [0.1, 0.15) is 12.0 Å². The van der Waals surface area contributed by atoms with Crippen molar-refractivity contribution >= 4 is 27.1 Å². The number of aromatic hydroxyl groups is 1. The number of phenols is 1. The van der Waals surface area contributed by atoms with Crippen LogP contribution in [0.2, 0.25) is 5.02 Å². The minimum atomic E-state index is 0.177. The van der Waals surface area contributed by atoms with E-state index in [9.17, 15) is 5.11 Å². The Bertz CT molecular complexity index is 809. The molecule has 1 atom stereocenters. The number of phenolic OH excluding ortho intramolecular Hbond substituents is 1. The fraction of sp³-hybridized carbons (Fsp3) is 0.593. The van der Waals surface area contributed by atoms with Crippen molar-refractivity contribution in [2.75, 3.05) is 0 Å². The number of allylic oxidation sites excluding steroid dienone is 4. The Labute approximate surface area is 197 Å². The van der Waals surface area contributed by atoms with Crippen molar-refractivity contribution in [1.29, 1.82) is 0 Å². The minimum Gasteiger partial charge on any atom is -0.506 e. The van der Waals surface area contributed by atoms with Gasteiger partial charge in [0.05, 0.1) is 5.02 Å². The average Bonchev–Trinajstić information content (AvgIpc) is 3.54.